The van der Waals surface area contributed by atoms with E-state index >= 15 is 0 Å². The Bertz CT molecular complexity index is 1120. The molecule has 3 aromatic rings. The Hall–Kier alpha value is -2.57. The quantitative estimate of drug-likeness (QED) is 0.641. The summed E-state index contributed by atoms with van der Waals surface area (Å²) in [6.45, 7) is 2.40. The number of rotatable bonds is 4. The zero-order valence-electron chi connectivity index (χ0n) is 18.3. The molecule has 1 amide bonds. The van der Waals surface area contributed by atoms with Crippen molar-refractivity contribution >= 4 is 17.2 Å². The number of hydrogen-bond donors (Lipinski definition) is 1. The second-order valence-electron chi connectivity index (χ2n) is 9.72. The van der Waals surface area contributed by atoms with Crippen molar-refractivity contribution in [3.63, 3.8) is 0 Å². The molecular formula is C26H28N4OS. The molecule has 0 radical (unpaired) electrons. The highest BCUT2D eigenvalue weighted by molar-refractivity contribution is 7.13. The standard InChI is InChI=1S/C26H28N4OS/c1-26-14-20-19(13-17-7-3-2-4-8-17)29-22(26)10-5-11-23(26)30(20)25(31)18-9-6-12-28-24(18)21-15-27-16-32-21/h2-4,6-9,12,15-16,19-20,22-23,29H,5,10-11,13-14H2,1H3/t19-,20+,22-,23+,26-/m1/s1. The number of fused-ring (bicyclic) bond motifs is 1. The third-order valence-corrected chi connectivity index (χ3v) is 8.77. The molecule has 1 aromatic carbocycles. The average Bonchev–Trinajstić information content (AvgIpc) is 3.45. The summed E-state index contributed by atoms with van der Waals surface area (Å²) in [7, 11) is 0. The highest BCUT2D eigenvalue weighted by Crippen LogP contribution is 2.53. The third kappa shape index (κ3) is 3.11. The summed E-state index contributed by atoms with van der Waals surface area (Å²) in [4.78, 5) is 26.2. The first kappa shape index (κ1) is 20.1. The first-order valence-electron chi connectivity index (χ1n) is 11.6. The number of pyridine rings is 1. The van der Waals surface area contributed by atoms with E-state index < -0.39 is 0 Å². The van der Waals surface area contributed by atoms with Gasteiger partial charge in [-0.15, -0.1) is 11.3 Å². The summed E-state index contributed by atoms with van der Waals surface area (Å²) in [6.07, 6.45) is 9.06. The number of benzene rings is 1. The number of nitrogens with one attached hydrogen (secondary N) is 1. The van der Waals surface area contributed by atoms with Crippen LogP contribution in [0.4, 0.5) is 0 Å². The maximum absolute atomic E-state index is 14.2. The summed E-state index contributed by atoms with van der Waals surface area (Å²) in [5.41, 5.74) is 4.72. The lowest BCUT2D eigenvalue weighted by Crippen LogP contribution is -2.58. The molecule has 0 unspecified atom stereocenters. The molecule has 32 heavy (non-hydrogen) atoms. The zero-order chi connectivity index (χ0) is 21.7. The van der Waals surface area contributed by atoms with Crippen molar-refractivity contribution in [1.82, 2.24) is 20.2 Å². The normalized spacial score (nSPS) is 31.0. The van der Waals surface area contributed by atoms with Crippen LogP contribution in [0.3, 0.4) is 0 Å². The number of thiazole rings is 1. The number of carbonyl (C=O) groups excluding carboxylic acids is 1. The fourth-order valence-corrected chi connectivity index (χ4v) is 7.13. The minimum absolute atomic E-state index is 0.127. The molecule has 2 aromatic heterocycles. The number of aromatic nitrogens is 2. The van der Waals surface area contributed by atoms with E-state index in [9.17, 15) is 4.79 Å². The SMILES string of the molecule is C[C@@]12C[C@H]3[C@@H](Cc4ccccc4)N[C@@H]1CCC[C@@H]2N3C(=O)c1cccnc1-c1cncs1. The molecule has 164 valence electrons. The monoisotopic (exact) mass is 444 g/mol. The maximum atomic E-state index is 14.2. The van der Waals surface area contributed by atoms with Crippen molar-refractivity contribution in [1.29, 1.82) is 0 Å². The van der Waals surface area contributed by atoms with Crippen LogP contribution in [0.5, 0.6) is 0 Å². The predicted molar refractivity (Wildman–Crippen MR) is 127 cm³/mol. The Kier molecular flexibility index (Phi) is 4.88. The number of carbonyl (C=O) groups is 1. The van der Waals surface area contributed by atoms with Crippen LogP contribution in [0.15, 0.2) is 60.4 Å². The van der Waals surface area contributed by atoms with Gasteiger partial charge in [-0.25, -0.2) is 0 Å². The summed E-state index contributed by atoms with van der Waals surface area (Å²) >= 11 is 1.53. The lowest BCUT2D eigenvalue weighted by atomic mass is 9.65. The number of amides is 1. The van der Waals surface area contributed by atoms with Crippen molar-refractivity contribution in [3.05, 3.63) is 71.5 Å². The summed E-state index contributed by atoms with van der Waals surface area (Å²) in [5, 5.41) is 4.00. The van der Waals surface area contributed by atoms with Gasteiger partial charge in [-0.3, -0.25) is 14.8 Å². The van der Waals surface area contributed by atoms with Gasteiger partial charge in [-0.05, 0) is 49.8 Å². The van der Waals surface area contributed by atoms with Crippen molar-refractivity contribution in [2.45, 2.75) is 63.2 Å². The van der Waals surface area contributed by atoms with E-state index in [1.807, 2.05) is 18.3 Å². The van der Waals surface area contributed by atoms with Gasteiger partial charge in [0, 0.05) is 42.0 Å². The van der Waals surface area contributed by atoms with Gasteiger partial charge in [-0.2, -0.15) is 0 Å². The number of likely N-dealkylation sites (tertiary alicyclic amines) is 1. The molecule has 1 aliphatic carbocycles. The van der Waals surface area contributed by atoms with Gasteiger partial charge >= 0.3 is 0 Å². The third-order valence-electron chi connectivity index (χ3n) is 7.99. The van der Waals surface area contributed by atoms with Gasteiger partial charge in [0.2, 0.25) is 0 Å². The van der Waals surface area contributed by atoms with Gasteiger partial charge < -0.3 is 10.2 Å². The smallest absolute Gasteiger partial charge is 0.256 e. The van der Waals surface area contributed by atoms with E-state index in [-0.39, 0.29) is 29.4 Å². The number of nitrogens with zero attached hydrogens (tertiary/aromatic N) is 3. The van der Waals surface area contributed by atoms with Gasteiger partial charge in [-0.1, -0.05) is 37.3 Å². The van der Waals surface area contributed by atoms with Gasteiger partial charge in [0.25, 0.3) is 5.91 Å². The topological polar surface area (TPSA) is 58.1 Å². The van der Waals surface area contributed by atoms with Crippen LogP contribution in [0.1, 0.15) is 48.5 Å². The van der Waals surface area contributed by atoms with Crippen LogP contribution < -0.4 is 5.32 Å². The minimum Gasteiger partial charge on any atom is -0.330 e. The molecular weight excluding hydrogens is 416 g/mol. The first-order valence-corrected chi connectivity index (χ1v) is 12.5. The van der Waals surface area contributed by atoms with Crippen LogP contribution in [-0.2, 0) is 6.42 Å². The van der Waals surface area contributed by atoms with E-state index in [2.05, 4.69) is 57.4 Å². The van der Waals surface area contributed by atoms with E-state index in [1.165, 1.54) is 29.7 Å². The van der Waals surface area contributed by atoms with Crippen LogP contribution in [0.2, 0.25) is 0 Å². The maximum Gasteiger partial charge on any atom is 0.256 e. The molecule has 3 fully saturated rings. The summed E-state index contributed by atoms with van der Waals surface area (Å²) in [5.74, 6) is 0.127. The van der Waals surface area contributed by atoms with E-state index in [0.29, 0.717) is 11.6 Å². The van der Waals surface area contributed by atoms with Crippen molar-refractivity contribution < 1.29 is 4.79 Å². The van der Waals surface area contributed by atoms with Crippen molar-refractivity contribution in [2.75, 3.05) is 0 Å². The molecule has 6 rings (SSSR count). The largest absolute Gasteiger partial charge is 0.330 e. The number of hydrogen-bond acceptors (Lipinski definition) is 5. The van der Waals surface area contributed by atoms with Crippen LogP contribution >= 0.6 is 11.3 Å². The lowest BCUT2D eigenvalue weighted by molar-refractivity contribution is 0.0559. The Labute approximate surface area is 192 Å². The molecule has 2 bridgehead atoms. The fourth-order valence-electron chi connectivity index (χ4n) is 6.50. The van der Waals surface area contributed by atoms with Gasteiger partial charge in [0.15, 0.2) is 0 Å². The van der Waals surface area contributed by atoms with E-state index in [0.717, 1.165) is 29.8 Å². The second-order valence-corrected chi connectivity index (χ2v) is 10.6. The first-order chi connectivity index (χ1) is 15.6. The summed E-state index contributed by atoms with van der Waals surface area (Å²) in [6, 6.07) is 15.7. The fraction of sp³-hybridized carbons (Fsp3) is 0.423. The van der Waals surface area contributed by atoms with Crippen LogP contribution in [0, 0.1) is 5.41 Å². The predicted octanol–water partition coefficient (Wildman–Crippen LogP) is 4.56. The van der Waals surface area contributed by atoms with Gasteiger partial charge in [0.1, 0.15) is 0 Å². The van der Waals surface area contributed by atoms with Crippen LogP contribution in [-0.4, -0.2) is 44.9 Å². The molecule has 1 N–H and O–H groups in total. The van der Waals surface area contributed by atoms with E-state index in [1.54, 1.807) is 11.7 Å². The Morgan fingerprint density at radius 3 is 2.91 bits per heavy atom. The molecule has 4 heterocycles. The Morgan fingerprint density at radius 2 is 2.09 bits per heavy atom. The molecule has 0 spiro atoms. The van der Waals surface area contributed by atoms with Crippen molar-refractivity contribution in [3.8, 4) is 10.6 Å². The molecule has 1 saturated carbocycles. The minimum atomic E-state index is 0.127. The molecule has 6 heteroatoms. The summed E-state index contributed by atoms with van der Waals surface area (Å²) < 4.78 is 0. The molecule has 3 aliphatic rings. The average molecular weight is 445 g/mol. The van der Waals surface area contributed by atoms with E-state index in [4.69, 9.17) is 0 Å². The second kappa shape index (κ2) is 7.78. The molecule has 5 nitrogen and oxygen atoms in total. The number of piperidine rings is 1. The van der Waals surface area contributed by atoms with Gasteiger partial charge in [0.05, 0.1) is 21.6 Å². The highest BCUT2D eigenvalue weighted by Gasteiger charge is 2.61. The Morgan fingerprint density at radius 1 is 1.22 bits per heavy atom. The van der Waals surface area contributed by atoms with Crippen molar-refractivity contribution in [2.24, 2.45) is 5.41 Å². The highest BCUT2D eigenvalue weighted by atomic mass is 32.1. The zero-order valence-corrected chi connectivity index (χ0v) is 19.1. The molecule has 2 saturated heterocycles. The lowest BCUT2D eigenvalue weighted by Gasteiger charge is -2.46. The Balaban J connectivity index is 1.40. The molecule has 2 aliphatic heterocycles. The van der Waals surface area contributed by atoms with Crippen LogP contribution in [0.25, 0.3) is 10.6 Å². The molecule has 5 atom stereocenters.